The topological polar surface area (TPSA) is 149 Å². The van der Waals surface area contributed by atoms with Gasteiger partial charge < -0.3 is 10.1 Å². The van der Waals surface area contributed by atoms with Crippen LogP contribution in [0.5, 0.6) is 0 Å². The van der Waals surface area contributed by atoms with Crippen molar-refractivity contribution in [2.75, 3.05) is 30.3 Å². The number of rotatable bonds is 13. The lowest BCUT2D eigenvalue weighted by atomic mass is 10.3. The Kier molecular flexibility index (Phi) is 9.72. The van der Waals surface area contributed by atoms with E-state index in [2.05, 4.69) is 47.0 Å². The molecule has 31 heavy (non-hydrogen) atoms. The second-order valence-electron chi connectivity index (χ2n) is 6.10. The van der Waals surface area contributed by atoms with Crippen molar-refractivity contribution >= 4 is 63.4 Å². The average Bonchev–Trinajstić information content (AvgIpc) is 3.23. The number of amides is 2. The smallest absolute Gasteiger partial charge is 0.390 e. The lowest BCUT2D eigenvalue weighted by Gasteiger charge is -2.19. The summed E-state index contributed by atoms with van der Waals surface area (Å²) in [6.45, 7) is 0.489. The fourth-order valence-corrected chi connectivity index (χ4v) is 4.99. The van der Waals surface area contributed by atoms with Crippen LogP contribution < -0.4 is 10.2 Å². The molecule has 0 aliphatic carbocycles. The van der Waals surface area contributed by atoms with Crippen LogP contribution >= 0.6 is 39.5 Å². The van der Waals surface area contributed by atoms with Crippen LogP contribution in [-0.4, -0.2) is 61.5 Å². The van der Waals surface area contributed by atoms with Gasteiger partial charge in [0.2, 0.25) is 0 Å². The summed E-state index contributed by atoms with van der Waals surface area (Å²) in [7, 11) is -1.99. The molecule has 1 aromatic rings. The molecule has 0 bridgehead atoms. The number of hydrogen-bond acceptors (Lipinski definition) is 7. The third-order valence-corrected chi connectivity index (χ3v) is 6.63. The van der Waals surface area contributed by atoms with Gasteiger partial charge in [-0.2, -0.15) is 0 Å². The molecule has 2 N–H and O–H groups in total. The molecule has 0 saturated carbocycles. The summed E-state index contributed by atoms with van der Waals surface area (Å²) in [5.74, 6) is -1.31. The van der Waals surface area contributed by atoms with Crippen molar-refractivity contribution in [1.29, 1.82) is 0 Å². The Bertz CT molecular complexity index is 919. The molecule has 2 amide bonds. The fourth-order valence-electron chi connectivity index (χ4n) is 2.57. The second kappa shape index (κ2) is 11.8. The van der Waals surface area contributed by atoms with Crippen LogP contribution in [0.1, 0.15) is 11.4 Å². The first-order valence-corrected chi connectivity index (χ1v) is 12.9. The molecular weight excluding hydrogens is 563 g/mol. The molecule has 12 nitrogen and oxygen atoms in total. The molecule has 0 aromatic carbocycles. The molecule has 1 aliphatic heterocycles. The van der Waals surface area contributed by atoms with Gasteiger partial charge in [0.25, 0.3) is 11.8 Å². The molecule has 2 rings (SSSR count). The van der Waals surface area contributed by atoms with E-state index >= 15 is 0 Å². The number of nitro groups is 1. The summed E-state index contributed by atoms with van der Waals surface area (Å²) < 4.78 is 19.8. The fraction of sp³-hybridized carbons (Fsp3) is 0.438. The highest BCUT2D eigenvalue weighted by Crippen LogP contribution is 2.38. The summed E-state index contributed by atoms with van der Waals surface area (Å²) in [5, 5.41) is 18.0. The van der Waals surface area contributed by atoms with Gasteiger partial charge in [-0.25, -0.2) is 14.7 Å². The van der Waals surface area contributed by atoms with Gasteiger partial charge in [0, 0.05) is 42.4 Å². The second-order valence-corrected chi connectivity index (χ2v) is 9.68. The number of nitrogens with zero attached hydrogens (tertiary/aromatic N) is 4. The molecule has 0 atom stereocenters. The summed E-state index contributed by atoms with van der Waals surface area (Å²) in [6.07, 6.45) is 5.27. The number of alkyl halides is 2. The molecule has 2 heterocycles. The summed E-state index contributed by atoms with van der Waals surface area (Å²) in [6, 6.07) is 0. The van der Waals surface area contributed by atoms with E-state index in [9.17, 15) is 24.3 Å². The molecule has 15 heteroatoms. The number of imide groups is 1. The van der Waals surface area contributed by atoms with E-state index in [-0.39, 0.29) is 18.8 Å². The first-order valence-electron chi connectivity index (χ1n) is 8.99. The molecule has 0 saturated heterocycles. The minimum absolute atomic E-state index is 0.0204. The van der Waals surface area contributed by atoms with E-state index in [1.807, 2.05) is 0 Å². The van der Waals surface area contributed by atoms with Crippen LogP contribution in [0.2, 0.25) is 0 Å². The third-order valence-electron chi connectivity index (χ3n) is 4.06. The SMILES string of the molecule is Cn1c([N+](=O)[O-])nc(/C=C/CN2C(=O)C=CC2=O)c1COP(=O)(NCCBr)NCCBr. The van der Waals surface area contributed by atoms with Crippen LogP contribution in [0.3, 0.4) is 0 Å². The van der Waals surface area contributed by atoms with Gasteiger partial charge in [-0.05, 0) is 11.0 Å². The zero-order valence-corrected chi connectivity index (χ0v) is 20.6. The molecule has 0 radical (unpaired) electrons. The highest BCUT2D eigenvalue weighted by molar-refractivity contribution is 9.09. The molecule has 0 fully saturated rings. The van der Waals surface area contributed by atoms with Gasteiger partial charge in [0.15, 0.2) is 5.69 Å². The van der Waals surface area contributed by atoms with Crippen molar-refractivity contribution in [2.24, 2.45) is 7.05 Å². The zero-order valence-electron chi connectivity index (χ0n) is 16.5. The number of nitrogens with one attached hydrogen (secondary N) is 2. The van der Waals surface area contributed by atoms with Gasteiger partial charge in [0.1, 0.15) is 12.3 Å². The molecule has 0 unspecified atom stereocenters. The van der Waals surface area contributed by atoms with Crippen LogP contribution in [0, 0.1) is 10.1 Å². The molecule has 0 spiro atoms. The van der Waals surface area contributed by atoms with Crippen LogP contribution in [0.4, 0.5) is 5.95 Å². The van der Waals surface area contributed by atoms with Crippen molar-refractivity contribution in [3.63, 3.8) is 0 Å². The van der Waals surface area contributed by atoms with Crippen LogP contribution in [0.15, 0.2) is 18.2 Å². The Hall–Kier alpha value is -1.70. The van der Waals surface area contributed by atoms with Gasteiger partial charge in [-0.3, -0.25) is 23.6 Å². The number of halogens is 2. The van der Waals surface area contributed by atoms with Gasteiger partial charge in [0.05, 0.1) is 7.05 Å². The zero-order chi connectivity index (χ0) is 23.0. The van der Waals surface area contributed by atoms with Gasteiger partial charge >= 0.3 is 13.6 Å². The third kappa shape index (κ3) is 6.89. The average molecular weight is 584 g/mol. The first-order chi connectivity index (χ1) is 14.7. The molecule has 1 aliphatic rings. The number of imidazole rings is 1. The van der Waals surface area contributed by atoms with Gasteiger partial charge in [-0.1, -0.05) is 42.9 Å². The Morgan fingerprint density at radius 1 is 1.23 bits per heavy atom. The maximum atomic E-state index is 13.0. The van der Waals surface area contributed by atoms with Crippen molar-refractivity contribution in [3.05, 3.63) is 39.7 Å². The van der Waals surface area contributed by atoms with Crippen molar-refractivity contribution in [3.8, 4) is 0 Å². The van der Waals surface area contributed by atoms with Crippen molar-refractivity contribution in [2.45, 2.75) is 6.61 Å². The number of carbonyl (C=O) groups is 2. The van der Waals surface area contributed by atoms with E-state index in [0.29, 0.717) is 29.4 Å². The monoisotopic (exact) mass is 582 g/mol. The standard InChI is InChI=1S/C16H21Br2N6O6P/c1-22-13(11-30-31(29,19-8-6-17)20-9-7-18)12(21-16(22)24(27)28)3-2-10-23-14(25)4-5-15(23)26/h2-5H,6-11H2,1H3,(H2,19,20,29)/b3-2+. The van der Waals surface area contributed by atoms with Crippen molar-refractivity contribution in [1.82, 2.24) is 24.6 Å². The highest BCUT2D eigenvalue weighted by atomic mass is 79.9. The predicted molar refractivity (Wildman–Crippen MR) is 121 cm³/mol. The van der Waals surface area contributed by atoms with E-state index in [4.69, 9.17) is 4.52 Å². The summed E-state index contributed by atoms with van der Waals surface area (Å²) >= 11 is 6.49. The Balaban J connectivity index is 2.21. The summed E-state index contributed by atoms with van der Waals surface area (Å²) in [5.41, 5.74) is 0.510. The van der Waals surface area contributed by atoms with Crippen LogP contribution in [0.25, 0.3) is 6.08 Å². The molecule has 170 valence electrons. The van der Waals surface area contributed by atoms with Crippen LogP contribution in [-0.2, 0) is 32.3 Å². The quantitative estimate of drug-likeness (QED) is 0.117. The number of aromatic nitrogens is 2. The van der Waals surface area contributed by atoms with Gasteiger partial charge in [-0.15, -0.1) is 0 Å². The first kappa shape index (κ1) is 25.6. The minimum Gasteiger partial charge on any atom is -0.390 e. The maximum absolute atomic E-state index is 13.0. The largest absolute Gasteiger partial charge is 0.435 e. The lowest BCUT2D eigenvalue weighted by molar-refractivity contribution is -0.396. The maximum Gasteiger partial charge on any atom is 0.435 e. The number of carbonyl (C=O) groups excluding carboxylic acids is 2. The normalized spacial score (nSPS) is 14.4. The van der Waals surface area contributed by atoms with E-state index < -0.39 is 30.4 Å². The van der Waals surface area contributed by atoms with E-state index in [0.717, 1.165) is 4.90 Å². The Morgan fingerprint density at radius 2 is 1.81 bits per heavy atom. The number of hydrogen-bond donors (Lipinski definition) is 2. The lowest BCUT2D eigenvalue weighted by Crippen LogP contribution is -2.29. The highest BCUT2D eigenvalue weighted by Gasteiger charge is 2.28. The molecular formula is C16H21Br2N6O6P. The Labute approximate surface area is 195 Å². The minimum atomic E-state index is -3.43. The Morgan fingerprint density at radius 3 is 2.32 bits per heavy atom. The van der Waals surface area contributed by atoms with E-state index in [1.165, 1.54) is 35.9 Å². The van der Waals surface area contributed by atoms with E-state index in [1.54, 1.807) is 0 Å². The predicted octanol–water partition coefficient (Wildman–Crippen LogP) is 1.86. The van der Waals surface area contributed by atoms with Crippen molar-refractivity contribution < 1.29 is 23.6 Å². The summed E-state index contributed by atoms with van der Waals surface area (Å²) in [4.78, 5) is 38.9. The molecule has 1 aromatic heterocycles.